The van der Waals surface area contributed by atoms with E-state index < -0.39 is 0 Å². The number of hydrogen-bond acceptors (Lipinski definition) is 1. The lowest BCUT2D eigenvalue weighted by Gasteiger charge is -2.18. The quantitative estimate of drug-likeness (QED) is 0.490. The second-order valence-electron chi connectivity index (χ2n) is 3.72. The lowest BCUT2D eigenvalue weighted by Crippen LogP contribution is -2.15. The minimum Gasteiger partial charge on any atom is -0.295 e. The molecule has 0 aromatic carbocycles. The largest absolute Gasteiger partial charge is 0.295 e. The Balaban J connectivity index is 2.36. The third-order valence-corrected chi connectivity index (χ3v) is 2.63. The summed E-state index contributed by atoms with van der Waals surface area (Å²) in [6.45, 7) is 3.56. The van der Waals surface area contributed by atoms with Crippen LogP contribution in [0.15, 0.2) is 37.0 Å². The van der Waals surface area contributed by atoms with Crippen LogP contribution >= 0.6 is 0 Å². The van der Waals surface area contributed by atoms with E-state index in [-0.39, 0.29) is 5.92 Å². The third-order valence-electron chi connectivity index (χ3n) is 2.63. The second kappa shape index (κ2) is 6.36. The predicted molar refractivity (Wildman–Crippen MR) is 60.1 cm³/mol. The van der Waals surface area contributed by atoms with Gasteiger partial charge in [-0.25, -0.2) is 0 Å². The van der Waals surface area contributed by atoms with Gasteiger partial charge in [-0.05, 0) is 18.9 Å². The average Bonchev–Trinajstić information content (AvgIpc) is 2.25. The average molecular weight is 190 g/mol. The van der Waals surface area contributed by atoms with Gasteiger partial charge < -0.3 is 0 Å². The molecule has 0 aromatic heterocycles. The third kappa shape index (κ3) is 3.73. The summed E-state index contributed by atoms with van der Waals surface area (Å²) in [5.41, 5.74) is 0. The molecule has 0 radical (unpaired) electrons. The van der Waals surface area contributed by atoms with Crippen LogP contribution in [-0.2, 0) is 4.79 Å². The van der Waals surface area contributed by atoms with Crippen molar-refractivity contribution >= 4 is 5.78 Å². The molecule has 0 amide bonds. The molecule has 76 valence electrons. The van der Waals surface area contributed by atoms with Crippen LogP contribution in [0.2, 0.25) is 0 Å². The molecule has 1 aliphatic rings. The Kier molecular flexibility index (Phi) is 4.98. The van der Waals surface area contributed by atoms with E-state index in [2.05, 4.69) is 6.58 Å². The molecule has 0 bridgehead atoms. The lowest BCUT2D eigenvalue weighted by molar-refractivity contribution is -0.119. The maximum absolute atomic E-state index is 11.6. The number of carbonyl (C=O) groups is 1. The van der Waals surface area contributed by atoms with Gasteiger partial charge in [0.1, 0.15) is 0 Å². The van der Waals surface area contributed by atoms with Crippen LogP contribution in [0.3, 0.4) is 0 Å². The van der Waals surface area contributed by atoms with E-state index in [4.69, 9.17) is 0 Å². The Morgan fingerprint density at radius 3 is 2.43 bits per heavy atom. The fraction of sp³-hybridized carbons (Fsp3) is 0.462. The summed E-state index contributed by atoms with van der Waals surface area (Å²) < 4.78 is 0. The molecule has 0 spiro atoms. The molecule has 1 nitrogen and oxygen atoms in total. The molecule has 0 atom stereocenters. The molecule has 1 saturated carbocycles. The first-order chi connectivity index (χ1) is 6.84. The van der Waals surface area contributed by atoms with E-state index in [1.165, 1.54) is 19.3 Å². The molecule has 1 aliphatic carbocycles. The normalized spacial score (nSPS) is 19.1. The Hall–Kier alpha value is -1.11. The highest BCUT2D eigenvalue weighted by Gasteiger charge is 2.18. The van der Waals surface area contributed by atoms with Crippen LogP contribution in [-0.4, -0.2) is 5.78 Å². The molecule has 1 fully saturated rings. The van der Waals surface area contributed by atoms with Gasteiger partial charge in [0.05, 0.1) is 0 Å². The van der Waals surface area contributed by atoms with Crippen molar-refractivity contribution in [2.45, 2.75) is 32.1 Å². The van der Waals surface area contributed by atoms with E-state index in [9.17, 15) is 4.79 Å². The van der Waals surface area contributed by atoms with Crippen molar-refractivity contribution in [2.24, 2.45) is 5.92 Å². The van der Waals surface area contributed by atoms with E-state index in [1.54, 1.807) is 18.2 Å². The first-order valence-corrected chi connectivity index (χ1v) is 5.34. The smallest absolute Gasteiger partial charge is 0.158 e. The highest BCUT2D eigenvalue weighted by atomic mass is 16.1. The first-order valence-electron chi connectivity index (χ1n) is 5.34. The maximum atomic E-state index is 11.6. The van der Waals surface area contributed by atoms with E-state index >= 15 is 0 Å². The van der Waals surface area contributed by atoms with Crippen molar-refractivity contribution in [3.05, 3.63) is 37.0 Å². The van der Waals surface area contributed by atoms with Crippen molar-refractivity contribution in [1.82, 2.24) is 0 Å². The van der Waals surface area contributed by atoms with Gasteiger partial charge in [-0.2, -0.15) is 0 Å². The van der Waals surface area contributed by atoms with Crippen LogP contribution < -0.4 is 0 Å². The Morgan fingerprint density at radius 2 is 1.79 bits per heavy atom. The number of hydrogen-bond donors (Lipinski definition) is 0. The van der Waals surface area contributed by atoms with Crippen LogP contribution in [0, 0.1) is 5.92 Å². The number of ketones is 1. The topological polar surface area (TPSA) is 17.1 Å². The van der Waals surface area contributed by atoms with Crippen molar-refractivity contribution in [1.29, 1.82) is 0 Å². The molecule has 0 aliphatic heterocycles. The Morgan fingerprint density at radius 1 is 1.07 bits per heavy atom. The molecule has 1 rings (SSSR count). The zero-order chi connectivity index (χ0) is 10.2. The van der Waals surface area contributed by atoms with E-state index in [1.807, 2.05) is 12.2 Å². The molecule has 0 saturated heterocycles. The molecule has 0 aromatic rings. The summed E-state index contributed by atoms with van der Waals surface area (Å²) in [4.78, 5) is 11.6. The molecule has 0 unspecified atom stereocenters. The van der Waals surface area contributed by atoms with Gasteiger partial charge in [0, 0.05) is 5.92 Å². The fourth-order valence-corrected chi connectivity index (χ4v) is 1.82. The Labute approximate surface area is 86.2 Å². The van der Waals surface area contributed by atoms with Gasteiger partial charge in [0.25, 0.3) is 0 Å². The van der Waals surface area contributed by atoms with Crippen LogP contribution in [0.4, 0.5) is 0 Å². The minimum atomic E-state index is 0.289. The monoisotopic (exact) mass is 190 g/mol. The van der Waals surface area contributed by atoms with Gasteiger partial charge in [-0.15, -0.1) is 0 Å². The van der Waals surface area contributed by atoms with Gasteiger partial charge in [0.15, 0.2) is 5.78 Å². The van der Waals surface area contributed by atoms with E-state index in [0.717, 1.165) is 12.8 Å². The summed E-state index contributed by atoms with van der Waals surface area (Å²) >= 11 is 0. The predicted octanol–water partition coefficient (Wildman–Crippen LogP) is 3.43. The summed E-state index contributed by atoms with van der Waals surface area (Å²) in [5, 5.41) is 0. The molecule has 14 heavy (non-hydrogen) atoms. The van der Waals surface area contributed by atoms with Crippen molar-refractivity contribution in [2.75, 3.05) is 0 Å². The van der Waals surface area contributed by atoms with Crippen molar-refractivity contribution in [3.63, 3.8) is 0 Å². The van der Waals surface area contributed by atoms with Gasteiger partial charge in [-0.3, -0.25) is 4.79 Å². The standard InChI is InChI=1S/C13H18O/c1-2-3-4-8-11-13(14)12-9-6-5-7-10-12/h2-4,8,11-12H,1,5-7,9-10H2. The highest BCUT2D eigenvalue weighted by molar-refractivity contribution is 5.91. The van der Waals surface area contributed by atoms with E-state index in [0.29, 0.717) is 5.78 Å². The van der Waals surface area contributed by atoms with Crippen molar-refractivity contribution < 1.29 is 4.79 Å². The summed E-state index contributed by atoms with van der Waals surface area (Å²) in [6, 6.07) is 0. The van der Waals surface area contributed by atoms with Crippen LogP contribution in [0.1, 0.15) is 32.1 Å². The second-order valence-corrected chi connectivity index (χ2v) is 3.72. The zero-order valence-corrected chi connectivity index (χ0v) is 8.61. The molecule has 0 heterocycles. The number of allylic oxidation sites excluding steroid dienone is 5. The molecule has 0 N–H and O–H groups in total. The van der Waals surface area contributed by atoms with Gasteiger partial charge in [0.2, 0.25) is 0 Å². The zero-order valence-electron chi connectivity index (χ0n) is 8.61. The van der Waals surface area contributed by atoms with Gasteiger partial charge in [-0.1, -0.05) is 50.1 Å². The number of carbonyl (C=O) groups excluding carboxylic acids is 1. The summed E-state index contributed by atoms with van der Waals surface area (Å²) in [7, 11) is 0. The number of rotatable bonds is 4. The molecular formula is C13H18O. The first kappa shape index (κ1) is 11.0. The SMILES string of the molecule is C=CC=CC=CC(=O)C1CCCCC1. The van der Waals surface area contributed by atoms with Crippen LogP contribution in [0.5, 0.6) is 0 Å². The fourth-order valence-electron chi connectivity index (χ4n) is 1.82. The maximum Gasteiger partial charge on any atom is 0.158 e. The summed E-state index contributed by atoms with van der Waals surface area (Å²) in [6.07, 6.45) is 14.7. The van der Waals surface area contributed by atoms with Crippen LogP contribution in [0.25, 0.3) is 0 Å². The molecule has 1 heteroatoms. The van der Waals surface area contributed by atoms with Gasteiger partial charge >= 0.3 is 0 Å². The molecular weight excluding hydrogens is 172 g/mol. The highest BCUT2D eigenvalue weighted by Crippen LogP contribution is 2.24. The van der Waals surface area contributed by atoms with Crippen molar-refractivity contribution in [3.8, 4) is 0 Å². The lowest BCUT2D eigenvalue weighted by atomic mass is 9.86. The minimum absolute atomic E-state index is 0.289. The Bertz CT molecular complexity index is 242. The summed E-state index contributed by atoms with van der Waals surface area (Å²) in [5.74, 6) is 0.579.